The molecule has 1 aliphatic heterocycles. The van der Waals surface area contributed by atoms with Crippen LogP contribution in [-0.4, -0.2) is 33.8 Å². The van der Waals surface area contributed by atoms with Gasteiger partial charge in [-0.25, -0.2) is 9.97 Å². The van der Waals surface area contributed by atoms with E-state index in [1.807, 2.05) is 56.9 Å². The standard InChI is InChI=1S/C21H25N3O2S/c1-6-26-17-9-7-8-16-14(2)12-21(4,5)24(19(16)17)18(25)13-27-20-22-11-10-15(3)23-20/h7-12H,6,13H2,1-5H3. The third-order valence-corrected chi connectivity index (χ3v) is 5.29. The summed E-state index contributed by atoms with van der Waals surface area (Å²) in [4.78, 5) is 23.7. The van der Waals surface area contributed by atoms with Crippen LogP contribution in [0.15, 0.2) is 41.7 Å². The number of nitrogens with zero attached hydrogens (tertiary/aromatic N) is 3. The van der Waals surface area contributed by atoms with Gasteiger partial charge in [-0.1, -0.05) is 30.0 Å². The number of benzene rings is 1. The Balaban J connectivity index is 1.95. The lowest BCUT2D eigenvalue weighted by Gasteiger charge is -2.42. The fourth-order valence-corrected chi connectivity index (χ4v) is 4.16. The highest BCUT2D eigenvalue weighted by molar-refractivity contribution is 7.99. The third-order valence-electron chi connectivity index (χ3n) is 4.44. The van der Waals surface area contributed by atoms with Crippen LogP contribution in [0.5, 0.6) is 5.75 Å². The number of fused-ring (bicyclic) bond motifs is 1. The molecule has 1 amide bonds. The van der Waals surface area contributed by atoms with Crippen molar-refractivity contribution in [3.8, 4) is 5.75 Å². The average Bonchev–Trinajstić information content (AvgIpc) is 2.60. The summed E-state index contributed by atoms with van der Waals surface area (Å²) < 4.78 is 5.85. The van der Waals surface area contributed by atoms with Crippen LogP contribution >= 0.6 is 11.8 Å². The van der Waals surface area contributed by atoms with Crippen molar-refractivity contribution in [1.82, 2.24) is 9.97 Å². The second kappa shape index (κ2) is 7.72. The zero-order chi connectivity index (χ0) is 19.6. The molecule has 1 aromatic carbocycles. The minimum atomic E-state index is -0.449. The molecule has 6 heteroatoms. The van der Waals surface area contributed by atoms with Crippen molar-refractivity contribution in [2.45, 2.75) is 45.3 Å². The van der Waals surface area contributed by atoms with Gasteiger partial charge in [0.1, 0.15) is 5.75 Å². The number of carbonyl (C=O) groups is 1. The van der Waals surface area contributed by atoms with Crippen molar-refractivity contribution in [3.63, 3.8) is 0 Å². The van der Waals surface area contributed by atoms with Crippen molar-refractivity contribution in [2.24, 2.45) is 0 Å². The summed E-state index contributed by atoms with van der Waals surface area (Å²) in [5, 5.41) is 0.614. The zero-order valence-electron chi connectivity index (χ0n) is 16.4. The maximum atomic E-state index is 13.3. The highest BCUT2D eigenvalue weighted by Crippen LogP contribution is 2.44. The molecule has 0 unspecified atom stereocenters. The van der Waals surface area contributed by atoms with Crippen molar-refractivity contribution in [1.29, 1.82) is 0 Å². The van der Waals surface area contributed by atoms with Crippen LogP contribution in [0.25, 0.3) is 5.57 Å². The van der Waals surface area contributed by atoms with E-state index in [-0.39, 0.29) is 11.7 Å². The Morgan fingerprint density at radius 1 is 1.26 bits per heavy atom. The van der Waals surface area contributed by atoms with E-state index in [0.29, 0.717) is 11.8 Å². The third kappa shape index (κ3) is 4.00. The molecule has 0 aliphatic carbocycles. The van der Waals surface area contributed by atoms with Crippen LogP contribution in [-0.2, 0) is 4.79 Å². The molecular weight excluding hydrogens is 358 g/mol. The summed E-state index contributed by atoms with van der Waals surface area (Å²) in [6.07, 6.45) is 3.85. The molecular formula is C21H25N3O2S. The van der Waals surface area contributed by atoms with Gasteiger partial charge in [0.05, 0.1) is 23.6 Å². The lowest BCUT2D eigenvalue weighted by Crippen LogP contribution is -2.50. The summed E-state index contributed by atoms with van der Waals surface area (Å²) >= 11 is 1.36. The maximum Gasteiger partial charge on any atom is 0.238 e. The zero-order valence-corrected chi connectivity index (χ0v) is 17.3. The molecule has 0 saturated carbocycles. The first-order chi connectivity index (χ1) is 12.8. The molecule has 2 aromatic rings. The van der Waals surface area contributed by atoms with Crippen LogP contribution in [0.1, 0.15) is 39.0 Å². The molecule has 0 N–H and O–H groups in total. The van der Waals surface area contributed by atoms with E-state index in [9.17, 15) is 4.79 Å². The Kier molecular flexibility index (Phi) is 5.56. The van der Waals surface area contributed by atoms with Crippen molar-refractivity contribution >= 4 is 28.9 Å². The number of carbonyl (C=O) groups excluding carboxylic acids is 1. The first-order valence-corrected chi connectivity index (χ1v) is 10.0. The van der Waals surface area contributed by atoms with Gasteiger partial charge in [0.15, 0.2) is 5.16 Å². The fraction of sp³-hybridized carbons (Fsp3) is 0.381. The van der Waals surface area contributed by atoms with Crippen LogP contribution in [0, 0.1) is 6.92 Å². The molecule has 142 valence electrons. The normalized spacial score (nSPS) is 15.1. The molecule has 0 radical (unpaired) electrons. The number of para-hydroxylation sites is 1. The summed E-state index contributed by atoms with van der Waals surface area (Å²) in [6, 6.07) is 7.78. The molecule has 0 bridgehead atoms. The number of hydrogen-bond donors (Lipinski definition) is 0. The van der Waals surface area contributed by atoms with E-state index >= 15 is 0 Å². The molecule has 2 heterocycles. The Bertz CT molecular complexity index is 893. The van der Waals surface area contributed by atoms with E-state index in [1.54, 1.807) is 6.20 Å². The molecule has 1 aromatic heterocycles. The van der Waals surface area contributed by atoms with Crippen molar-refractivity contribution in [3.05, 3.63) is 47.8 Å². The molecule has 0 saturated heterocycles. The van der Waals surface area contributed by atoms with Gasteiger partial charge in [0, 0.05) is 17.5 Å². The first-order valence-electron chi connectivity index (χ1n) is 9.04. The summed E-state index contributed by atoms with van der Waals surface area (Å²) in [6.45, 7) is 10.6. The Morgan fingerprint density at radius 3 is 2.74 bits per heavy atom. The fourth-order valence-electron chi connectivity index (χ4n) is 3.44. The van der Waals surface area contributed by atoms with E-state index < -0.39 is 5.54 Å². The largest absolute Gasteiger partial charge is 0.492 e. The number of hydrogen-bond acceptors (Lipinski definition) is 5. The van der Waals surface area contributed by atoms with Gasteiger partial charge >= 0.3 is 0 Å². The Labute approximate surface area is 164 Å². The average molecular weight is 384 g/mol. The summed E-state index contributed by atoms with van der Waals surface area (Å²) in [5.41, 5.74) is 3.47. The van der Waals surface area contributed by atoms with Crippen molar-refractivity contribution < 1.29 is 9.53 Å². The summed E-state index contributed by atoms with van der Waals surface area (Å²) in [5.74, 6) is 1.01. The second-order valence-corrected chi connectivity index (χ2v) is 8.01. The number of thioether (sulfide) groups is 1. The minimum Gasteiger partial charge on any atom is -0.492 e. The van der Waals surface area contributed by atoms with Crippen LogP contribution in [0.4, 0.5) is 5.69 Å². The molecule has 0 spiro atoms. The first kappa shape index (κ1) is 19.4. The van der Waals surface area contributed by atoms with E-state index in [4.69, 9.17) is 4.74 Å². The molecule has 0 fully saturated rings. The van der Waals surface area contributed by atoms with E-state index in [2.05, 4.69) is 23.0 Å². The predicted molar refractivity (Wildman–Crippen MR) is 110 cm³/mol. The highest BCUT2D eigenvalue weighted by atomic mass is 32.2. The number of allylic oxidation sites excluding steroid dienone is 1. The van der Waals surface area contributed by atoms with Gasteiger partial charge in [-0.15, -0.1) is 0 Å². The highest BCUT2D eigenvalue weighted by Gasteiger charge is 2.37. The number of anilines is 1. The number of ether oxygens (including phenoxy) is 1. The minimum absolute atomic E-state index is 0.00672. The van der Waals surface area contributed by atoms with Gasteiger partial charge in [0.25, 0.3) is 0 Å². The number of aryl methyl sites for hydroxylation is 1. The van der Waals surface area contributed by atoms with Gasteiger partial charge in [-0.3, -0.25) is 9.69 Å². The molecule has 0 atom stereocenters. The lowest BCUT2D eigenvalue weighted by molar-refractivity contribution is -0.117. The number of rotatable bonds is 5. The number of amides is 1. The monoisotopic (exact) mass is 383 g/mol. The van der Waals surface area contributed by atoms with Gasteiger partial charge < -0.3 is 4.74 Å². The second-order valence-electron chi connectivity index (χ2n) is 7.06. The SMILES string of the molecule is CCOc1cccc2c1N(C(=O)CSc1nccc(C)n1)C(C)(C)C=C2C. The van der Waals surface area contributed by atoms with Crippen molar-refractivity contribution in [2.75, 3.05) is 17.3 Å². The quantitative estimate of drug-likeness (QED) is 0.562. The van der Waals surface area contributed by atoms with E-state index in [1.165, 1.54) is 11.8 Å². The topological polar surface area (TPSA) is 55.3 Å². The Hall–Kier alpha value is -2.34. The molecule has 3 rings (SSSR count). The molecule has 27 heavy (non-hydrogen) atoms. The summed E-state index contributed by atoms with van der Waals surface area (Å²) in [7, 11) is 0. The lowest BCUT2D eigenvalue weighted by atomic mass is 9.88. The smallest absolute Gasteiger partial charge is 0.238 e. The van der Waals surface area contributed by atoms with Crippen LogP contribution in [0.3, 0.4) is 0 Å². The van der Waals surface area contributed by atoms with Gasteiger partial charge in [0.2, 0.25) is 5.91 Å². The van der Waals surface area contributed by atoms with Gasteiger partial charge in [-0.2, -0.15) is 0 Å². The molecule has 5 nitrogen and oxygen atoms in total. The van der Waals surface area contributed by atoms with Crippen LogP contribution in [0.2, 0.25) is 0 Å². The van der Waals surface area contributed by atoms with E-state index in [0.717, 1.165) is 28.3 Å². The maximum absolute atomic E-state index is 13.3. The Morgan fingerprint density at radius 2 is 2.04 bits per heavy atom. The van der Waals surface area contributed by atoms with Crippen LogP contribution < -0.4 is 9.64 Å². The van der Waals surface area contributed by atoms with Gasteiger partial charge in [-0.05, 0) is 52.3 Å². The predicted octanol–water partition coefficient (Wildman–Crippen LogP) is 4.50. The molecule has 1 aliphatic rings. The number of aromatic nitrogens is 2.